The highest BCUT2D eigenvalue weighted by atomic mass is 35.5. The fraction of sp³-hybridized carbons (Fsp3) is 0.333. The first kappa shape index (κ1) is 9.97. The predicted molar refractivity (Wildman–Crippen MR) is 38.7 cm³/mol. The zero-order valence-electron chi connectivity index (χ0n) is 5.80. The Bertz CT molecular complexity index is 219. The van der Waals surface area contributed by atoms with Crippen molar-refractivity contribution >= 4 is 23.5 Å². The molecule has 0 spiro atoms. The lowest BCUT2D eigenvalue weighted by Crippen LogP contribution is -2.10. The molecule has 62 valence electrons. The molecule has 0 unspecified atom stereocenters. The van der Waals surface area contributed by atoms with Crippen molar-refractivity contribution in [3.8, 4) is 0 Å². The third-order valence-corrected chi connectivity index (χ3v) is 1.43. The average molecular weight is 179 g/mol. The van der Waals surface area contributed by atoms with Gasteiger partial charge in [0.25, 0.3) is 0 Å². The molecule has 0 rings (SSSR count). The van der Waals surface area contributed by atoms with E-state index in [0.717, 1.165) is 0 Å². The molecule has 0 atom stereocenters. The summed E-state index contributed by atoms with van der Waals surface area (Å²) in [7, 11) is 0. The number of hydrogen-bond acceptors (Lipinski definition) is 2. The Kier molecular flexibility index (Phi) is 3.60. The summed E-state index contributed by atoms with van der Waals surface area (Å²) in [5, 5.41) is 16.7. The predicted octanol–water partition coefficient (Wildman–Crippen LogP) is 0.711. The van der Waals surface area contributed by atoms with Crippen molar-refractivity contribution in [1.29, 1.82) is 0 Å². The van der Waals surface area contributed by atoms with Gasteiger partial charge in [0.15, 0.2) is 0 Å². The van der Waals surface area contributed by atoms with Crippen LogP contribution in [0.5, 0.6) is 0 Å². The van der Waals surface area contributed by atoms with Gasteiger partial charge in [-0.15, -0.1) is 11.6 Å². The smallest absolute Gasteiger partial charge is 0.333 e. The Balaban J connectivity index is 4.83. The number of alkyl halides is 1. The Morgan fingerprint density at radius 3 is 1.82 bits per heavy atom. The van der Waals surface area contributed by atoms with E-state index in [9.17, 15) is 9.59 Å². The molecule has 0 amide bonds. The van der Waals surface area contributed by atoms with Crippen molar-refractivity contribution < 1.29 is 19.8 Å². The number of carboxylic acid groups (broad SMARTS) is 2. The molecule has 0 fully saturated rings. The number of hydrogen-bond donors (Lipinski definition) is 2. The first-order valence-corrected chi connectivity index (χ1v) is 3.26. The summed E-state index contributed by atoms with van der Waals surface area (Å²) in [5.74, 6) is -2.85. The zero-order chi connectivity index (χ0) is 9.02. The minimum atomic E-state index is -1.29. The van der Waals surface area contributed by atoms with E-state index in [2.05, 4.69) is 0 Å². The number of carboxylic acids is 2. The Morgan fingerprint density at radius 2 is 1.73 bits per heavy atom. The van der Waals surface area contributed by atoms with Crippen molar-refractivity contribution in [2.24, 2.45) is 0 Å². The summed E-state index contributed by atoms with van der Waals surface area (Å²) in [6.07, 6.45) is 0. The molecular weight excluding hydrogens is 172 g/mol. The monoisotopic (exact) mass is 178 g/mol. The van der Waals surface area contributed by atoms with Gasteiger partial charge in [0, 0.05) is 5.57 Å². The second-order valence-electron chi connectivity index (χ2n) is 1.85. The van der Waals surface area contributed by atoms with Crippen LogP contribution in [0.25, 0.3) is 0 Å². The first-order valence-electron chi connectivity index (χ1n) is 2.73. The van der Waals surface area contributed by atoms with Gasteiger partial charge >= 0.3 is 11.9 Å². The maximum Gasteiger partial charge on any atom is 0.333 e. The lowest BCUT2D eigenvalue weighted by molar-refractivity contribution is -0.135. The van der Waals surface area contributed by atoms with Crippen molar-refractivity contribution in [1.82, 2.24) is 0 Å². The normalized spacial score (nSPS) is 12.2. The molecule has 4 nitrogen and oxygen atoms in total. The minimum absolute atomic E-state index is 0.229. The van der Waals surface area contributed by atoms with Crippen molar-refractivity contribution in [3.05, 3.63) is 11.1 Å². The topological polar surface area (TPSA) is 74.6 Å². The van der Waals surface area contributed by atoms with Gasteiger partial charge in [0.2, 0.25) is 0 Å². The molecule has 0 aliphatic rings. The van der Waals surface area contributed by atoms with Gasteiger partial charge in [-0.1, -0.05) is 0 Å². The number of aliphatic carboxylic acids is 2. The highest BCUT2D eigenvalue weighted by Crippen LogP contribution is 2.06. The molecule has 0 saturated heterocycles. The van der Waals surface area contributed by atoms with Crippen LogP contribution in [0.3, 0.4) is 0 Å². The van der Waals surface area contributed by atoms with Crippen LogP contribution in [0.2, 0.25) is 0 Å². The first-order chi connectivity index (χ1) is 5.00. The summed E-state index contributed by atoms with van der Waals surface area (Å²) < 4.78 is 0. The second-order valence-corrected chi connectivity index (χ2v) is 2.11. The molecule has 11 heavy (non-hydrogen) atoms. The molecule has 0 aliphatic heterocycles. The summed E-state index contributed by atoms with van der Waals surface area (Å²) in [6, 6.07) is 0. The molecule has 0 saturated carbocycles. The lowest BCUT2D eigenvalue weighted by Gasteiger charge is -1.98. The van der Waals surface area contributed by atoms with Crippen molar-refractivity contribution in [3.63, 3.8) is 0 Å². The summed E-state index contributed by atoms with van der Waals surface area (Å²) in [6.45, 7) is 1.20. The van der Waals surface area contributed by atoms with E-state index in [1.165, 1.54) is 6.92 Å². The Morgan fingerprint density at radius 1 is 1.27 bits per heavy atom. The van der Waals surface area contributed by atoms with Crippen LogP contribution in [-0.2, 0) is 9.59 Å². The highest BCUT2D eigenvalue weighted by Gasteiger charge is 2.14. The fourth-order valence-electron chi connectivity index (χ4n) is 0.447. The third-order valence-electron chi connectivity index (χ3n) is 1.17. The van der Waals surface area contributed by atoms with Gasteiger partial charge in [0.1, 0.15) is 0 Å². The van der Waals surface area contributed by atoms with E-state index >= 15 is 0 Å². The van der Waals surface area contributed by atoms with Crippen LogP contribution in [0, 0.1) is 0 Å². The molecule has 2 N–H and O–H groups in total. The Hall–Kier alpha value is -1.03. The van der Waals surface area contributed by atoms with Crippen LogP contribution in [0.15, 0.2) is 11.1 Å². The van der Waals surface area contributed by atoms with E-state index in [-0.39, 0.29) is 17.0 Å². The molecular formula is C6H7ClO4. The van der Waals surface area contributed by atoms with Crippen LogP contribution in [0.1, 0.15) is 6.92 Å². The second kappa shape index (κ2) is 3.98. The number of halogens is 1. The molecule has 0 radical (unpaired) electrons. The molecule has 0 aromatic rings. The van der Waals surface area contributed by atoms with E-state index < -0.39 is 11.9 Å². The average Bonchev–Trinajstić information content (AvgIpc) is 1.88. The largest absolute Gasteiger partial charge is 0.478 e. The van der Waals surface area contributed by atoms with Gasteiger partial charge < -0.3 is 10.2 Å². The molecule has 0 heterocycles. The summed E-state index contributed by atoms with van der Waals surface area (Å²) in [5.41, 5.74) is -0.508. The number of carbonyl (C=O) groups is 2. The maximum absolute atomic E-state index is 10.3. The third kappa shape index (κ3) is 2.59. The van der Waals surface area contributed by atoms with Gasteiger partial charge in [-0.25, -0.2) is 9.59 Å². The Labute approximate surface area is 68.1 Å². The standard InChI is InChI=1S/C6H7ClO4/c1-3(5(8)9)4(2-7)6(10)11/h2H2,1H3,(H,8,9)(H,10,11)/b4-3+. The highest BCUT2D eigenvalue weighted by molar-refractivity contribution is 6.23. The molecule has 5 heteroatoms. The lowest BCUT2D eigenvalue weighted by atomic mass is 10.1. The van der Waals surface area contributed by atoms with E-state index in [1.54, 1.807) is 0 Å². The van der Waals surface area contributed by atoms with E-state index in [0.29, 0.717) is 0 Å². The van der Waals surface area contributed by atoms with E-state index in [1.807, 2.05) is 0 Å². The van der Waals surface area contributed by atoms with Gasteiger partial charge in [0.05, 0.1) is 11.5 Å². The maximum atomic E-state index is 10.3. The van der Waals surface area contributed by atoms with Crippen LogP contribution in [0.4, 0.5) is 0 Å². The van der Waals surface area contributed by atoms with E-state index in [4.69, 9.17) is 21.8 Å². The quantitative estimate of drug-likeness (QED) is 0.493. The van der Waals surface area contributed by atoms with Crippen LogP contribution in [-0.4, -0.2) is 28.0 Å². The van der Waals surface area contributed by atoms with Crippen LogP contribution < -0.4 is 0 Å². The minimum Gasteiger partial charge on any atom is -0.478 e. The van der Waals surface area contributed by atoms with Gasteiger partial charge in [-0.2, -0.15) is 0 Å². The molecule has 0 aromatic carbocycles. The molecule has 0 bridgehead atoms. The van der Waals surface area contributed by atoms with Gasteiger partial charge in [-0.3, -0.25) is 0 Å². The summed E-state index contributed by atoms with van der Waals surface area (Å²) in [4.78, 5) is 20.5. The van der Waals surface area contributed by atoms with Crippen molar-refractivity contribution in [2.75, 3.05) is 5.88 Å². The van der Waals surface area contributed by atoms with Crippen LogP contribution >= 0.6 is 11.6 Å². The zero-order valence-corrected chi connectivity index (χ0v) is 6.55. The molecule has 0 aliphatic carbocycles. The number of rotatable bonds is 3. The molecule has 0 aromatic heterocycles. The SMILES string of the molecule is C/C(C(=O)O)=C(/CCl)C(=O)O. The van der Waals surface area contributed by atoms with Gasteiger partial charge in [-0.05, 0) is 6.92 Å². The summed E-state index contributed by atoms with van der Waals surface area (Å²) >= 11 is 5.20. The van der Waals surface area contributed by atoms with Crippen molar-refractivity contribution in [2.45, 2.75) is 6.92 Å². The fourth-order valence-corrected chi connectivity index (χ4v) is 0.762.